The van der Waals surface area contributed by atoms with E-state index in [1.54, 1.807) is 30.0 Å². The molecule has 0 aliphatic heterocycles. The van der Waals surface area contributed by atoms with E-state index in [1.807, 2.05) is 6.26 Å². The molecule has 1 aliphatic carbocycles. The SMILES string of the molecule is CSCCC(NS(=O)(=O)c1ccccc1)C(=O)NC1CCCC1. The van der Waals surface area contributed by atoms with Crippen molar-refractivity contribution >= 4 is 27.7 Å². The molecule has 0 bridgehead atoms. The summed E-state index contributed by atoms with van der Waals surface area (Å²) in [6.45, 7) is 0. The van der Waals surface area contributed by atoms with Crippen LogP contribution in [0.25, 0.3) is 0 Å². The number of nitrogens with one attached hydrogen (secondary N) is 2. The number of carbonyl (C=O) groups is 1. The average molecular weight is 357 g/mol. The van der Waals surface area contributed by atoms with Crippen molar-refractivity contribution in [3.05, 3.63) is 30.3 Å². The van der Waals surface area contributed by atoms with Crippen molar-refractivity contribution in [1.29, 1.82) is 0 Å². The maximum absolute atomic E-state index is 12.5. The average Bonchev–Trinajstić information content (AvgIpc) is 3.05. The minimum absolute atomic E-state index is 0.181. The Labute approximate surface area is 142 Å². The molecule has 1 saturated carbocycles. The lowest BCUT2D eigenvalue weighted by atomic mass is 10.2. The Kier molecular flexibility index (Phi) is 6.92. The van der Waals surface area contributed by atoms with Gasteiger partial charge in [-0.3, -0.25) is 4.79 Å². The van der Waals surface area contributed by atoms with Gasteiger partial charge >= 0.3 is 0 Å². The van der Waals surface area contributed by atoms with Crippen molar-refractivity contribution in [1.82, 2.24) is 10.0 Å². The van der Waals surface area contributed by atoms with Gasteiger partial charge in [-0.2, -0.15) is 16.5 Å². The first-order valence-corrected chi connectivity index (χ1v) is 10.8. The van der Waals surface area contributed by atoms with Gasteiger partial charge in [-0.05, 0) is 43.4 Å². The van der Waals surface area contributed by atoms with Gasteiger partial charge < -0.3 is 5.32 Å². The lowest BCUT2D eigenvalue weighted by Gasteiger charge is -2.20. The van der Waals surface area contributed by atoms with E-state index < -0.39 is 16.1 Å². The van der Waals surface area contributed by atoms with Gasteiger partial charge in [-0.1, -0.05) is 31.0 Å². The van der Waals surface area contributed by atoms with E-state index in [2.05, 4.69) is 10.0 Å². The molecule has 1 atom stereocenters. The van der Waals surface area contributed by atoms with Gasteiger partial charge in [0.15, 0.2) is 0 Å². The molecule has 1 amide bonds. The minimum Gasteiger partial charge on any atom is -0.352 e. The van der Waals surface area contributed by atoms with Crippen LogP contribution in [0.4, 0.5) is 0 Å². The molecule has 1 fully saturated rings. The number of sulfonamides is 1. The fourth-order valence-electron chi connectivity index (χ4n) is 2.71. The summed E-state index contributed by atoms with van der Waals surface area (Å²) in [5.41, 5.74) is 0. The fraction of sp³-hybridized carbons (Fsp3) is 0.562. The molecule has 5 nitrogen and oxygen atoms in total. The predicted octanol–water partition coefficient (Wildman–Crippen LogP) is 2.15. The molecule has 0 spiro atoms. The van der Waals surface area contributed by atoms with E-state index in [0.717, 1.165) is 31.4 Å². The minimum atomic E-state index is -3.69. The number of hydrogen-bond acceptors (Lipinski definition) is 4. The van der Waals surface area contributed by atoms with E-state index in [4.69, 9.17) is 0 Å². The first-order valence-electron chi connectivity index (χ1n) is 7.89. The summed E-state index contributed by atoms with van der Waals surface area (Å²) in [5, 5.41) is 2.99. The van der Waals surface area contributed by atoms with Crippen LogP contribution in [0.3, 0.4) is 0 Å². The zero-order valence-corrected chi connectivity index (χ0v) is 15.0. The van der Waals surface area contributed by atoms with Crippen molar-refractivity contribution in [2.75, 3.05) is 12.0 Å². The summed E-state index contributed by atoms with van der Waals surface area (Å²) < 4.78 is 27.5. The van der Waals surface area contributed by atoms with Crippen molar-refractivity contribution < 1.29 is 13.2 Å². The van der Waals surface area contributed by atoms with Crippen molar-refractivity contribution in [3.63, 3.8) is 0 Å². The standard InChI is InChI=1S/C16H24N2O3S2/c1-22-12-11-15(16(19)17-13-7-5-6-8-13)18-23(20,21)14-9-3-2-4-10-14/h2-4,9-10,13,15,18H,5-8,11-12H2,1H3,(H,17,19). The Hall–Kier alpha value is -1.05. The highest BCUT2D eigenvalue weighted by molar-refractivity contribution is 7.98. The number of hydrogen-bond donors (Lipinski definition) is 2. The van der Waals surface area contributed by atoms with E-state index in [-0.39, 0.29) is 16.8 Å². The maximum atomic E-state index is 12.5. The van der Waals surface area contributed by atoms with Crippen molar-refractivity contribution in [2.24, 2.45) is 0 Å². The highest BCUT2D eigenvalue weighted by atomic mass is 32.2. The second-order valence-electron chi connectivity index (χ2n) is 5.76. The van der Waals surface area contributed by atoms with Gasteiger partial charge in [-0.15, -0.1) is 0 Å². The Morgan fingerprint density at radius 1 is 1.26 bits per heavy atom. The molecule has 2 N–H and O–H groups in total. The highest BCUT2D eigenvalue weighted by Gasteiger charge is 2.27. The Morgan fingerprint density at radius 3 is 2.52 bits per heavy atom. The summed E-state index contributed by atoms with van der Waals surface area (Å²) in [4.78, 5) is 12.6. The van der Waals surface area contributed by atoms with E-state index in [9.17, 15) is 13.2 Å². The zero-order valence-electron chi connectivity index (χ0n) is 13.3. The van der Waals surface area contributed by atoms with Crippen LogP contribution in [0.2, 0.25) is 0 Å². The lowest BCUT2D eigenvalue weighted by molar-refractivity contribution is -0.123. The molecular weight excluding hydrogens is 332 g/mol. The third-order valence-electron chi connectivity index (χ3n) is 3.98. The highest BCUT2D eigenvalue weighted by Crippen LogP contribution is 2.18. The van der Waals surface area contributed by atoms with Gasteiger partial charge in [-0.25, -0.2) is 8.42 Å². The van der Waals surface area contributed by atoms with E-state index in [0.29, 0.717) is 6.42 Å². The van der Waals surface area contributed by atoms with Crippen LogP contribution in [0, 0.1) is 0 Å². The Morgan fingerprint density at radius 2 is 1.91 bits per heavy atom. The van der Waals surface area contributed by atoms with Crippen LogP contribution in [-0.2, 0) is 14.8 Å². The maximum Gasteiger partial charge on any atom is 0.241 e. The number of benzene rings is 1. The zero-order chi connectivity index (χ0) is 16.7. The fourth-order valence-corrected chi connectivity index (χ4v) is 4.43. The summed E-state index contributed by atoms with van der Waals surface area (Å²) >= 11 is 1.60. The largest absolute Gasteiger partial charge is 0.352 e. The van der Waals surface area contributed by atoms with Gasteiger partial charge in [0.05, 0.1) is 4.90 Å². The van der Waals surface area contributed by atoms with Crippen LogP contribution >= 0.6 is 11.8 Å². The molecule has 128 valence electrons. The molecule has 0 aromatic heterocycles. The molecule has 23 heavy (non-hydrogen) atoms. The van der Waals surface area contributed by atoms with Crippen LogP contribution in [-0.4, -0.2) is 38.4 Å². The normalized spacial score (nSPS) is 17.1. The molecule has 0 heterocycles. The quantitative estimate of drug-likeness (QED) is 0.748. The van der Waals surface area contributed by atoms with Crippen LogP contribution < -0.4 is 10.0 Å². The summed E-state index contributed by atoms with van der Waals surface area (Å²) in [7, 11) is -3.69. The van der Waals surface area contributed by atoms with Crippen molar-refractivity contribution in [2.45, 2.75) is 49.1 Å². The molecule has 1 aromatic rings. The molecule has 0 radical (unpaired) electrons. The van der Waals surface area contributed by atoms with Crippen molar-refractivity contribution in [3.8, 4) is 0 Å². The number of amides is 1. The molecule has 2 rings (SSSR count). The second-order valence-corrected chi connectivity index (χ2v) is 8.46. The summed E-state index contributed by atoms with van der Waals surface area (Å²) in [6, 6.07) is 7.62. The molecular formula is C16H24N2O3S2. The monoisotopic (exact) mass is 356 g/mol. The number of carbonyl (C=O) groups excluding carboxylic acids is 1. The summed E-state index contributed by atoms with van der Waals surface area (Å²) in [6.07, 6.45) is 6.62. The molecule has 7 heteroatoms. The number of rotatable bonds is 8. The number of thioether (sulfide) groups is 1. The van der Waals surface area contributed by atoms with Crippen LogP contribution in [0.15, 0.2) is 35.2 Å². The van der Waals surface area contributed by atoms with Crippen LogP contribution in [0.5, 0.6) is 0 Å². The predicted molar refractivity (Wildman–Crippen MR) is 93.9 cm³/mol. The van der Waals surface area contributed by atoms with Gasteiger partial charge in [0.25, 0.3) is 0 Å². The first-order chi connectivity index (χ1) is 11.0. The van der Waals surface area contributed by atoms with Crippen LogP contribution in [0.1, 0.15) is 32.1 Å². The Bertz CT molecular complexity index is 599. The van der Waals surface area contributed by atoms with E-state index >= 15 is 0 Å². The van der Waals surface area contributed by atoms with Gasteiger partial charge in [0.2, 0.25) is 15.9 Å². The third-order valence-corrected chi connectivity index (χ3v) is 6.11. The smallest absolute Gasteiger partial charge is 0.241 e. The second kappa shape index (κ2) is 8.70. The lowest BCUT2D eigenvalue weighted by Crippen LogP contribution is -2.49. The topological polar surface area (TPSA) is 75.3 Å². The molecule has 1 aromatic carbocycles. The molecule has 1 aliphatic rings. The summed E-state index contributed by atoms with van der Waals surface area (Å²) in [5.74, 6) is 0.505. The van der Waals surface area contributed by atoms with Gasteiger partial charge in [0.1, 0.15) is 6.04 Å². The molecule has 1 unspecified atom stereocenters. The van der Waals surface area contributed by atoms with Gasteiger partial charge in [0, 0.05) is 6.04 Å². The first kappa shape index (κ1) is 18.3. The third kappa shape index (κ3) is 5.51. The van der Waals surface area contributed by atoms with E-state index in [1.165, 1.54) is 12.1 Å². The Balaban J connectivity index is 2.06. The molecule has 0 saturated heterocycles.